The molecular formula is C14H22N2O2. The maximum atomic E-state index is 11.9. The van der Waals surface area contributed by atoms with E-state index in [9.17, 15) is 4.79 Å². The van der Waals surface area contributed by atoms with Crippen molar-refractivity contribution in [1.29, 1.82) is 0 Å². The van der Waals surface area contributed by atoms with Crippen LogP contribution in [-0.4, -0.2) is 30.6 Å². The second-order valence-corrected chi connectivity index (χ2v) is 4.71. The van der Waals surface area contributed by atoms with Gasteiger partial charge in [-0.05, 0) is 38.5 Å². The van der Waals surface area contributed by atoms with Gasteiger partial charge < -0.3 is 15.4 Å². The third-order valence-electron chi connectivity index (χ3n) is 2.91. The van der Waals surface area contributed by atoms with Gasteiger partial charge in [-0.2, -0.15) is 0 Å². The summed E-state index contributed by atoms with van der Waals surface area (Å²) in [5.74, 6) is -0.0291. The van der Waals surface area contributed by atoms with Gasteiger partial charge in [-0.15, -0.1) is 0 Å². The van der Waals surface area contributed by atoms with Gasteiger partial charge in [0.15, 0.2) is 0 Å². The lowest BCUT2D eigenvalue weighted by molar-refractivity contribution is -0.138. The molecule has 1 rings (SSSR count). The van der Waals surface area contributed by atoms with Crippen molar-refractivity contribution in [1.82, 2.24) is 4.90 Å². The highest BCUT2D eigenvalue weighted by Gasteiger charge is 2.17. The first-order chi connectivity index (χ1) is 8.41. The molecule has 4 nitrogen and oxygen atoms in total. The van der Waals surface area contributed by atoms with E-state index in [1.807, 2.05) is 45.0 Å². The van der Waals surface area contributed by atoms with Gasteiger partial charge >= 0.3 is 0 Å². The van der Waals surface area contributed by atoms with Gasteiger partial charge in [0.2, 0.25) is 5.91 Å². The van der Waals surface area contributed by atoms with E-state index in [0.717, 1.165) is 5.56 Å². The SMILES string of the molecule is CC(C)OCC(=O)N(C)C(C)c1cccc(N)c1. The van der Waals surface area contributed by atoms with Gasteiger partial charge in [0.05, 0.1) is 12.1 Å². The quantitative estimate of drug-likeness (QED) is 0.815. The number of anilines is 1. The number of likely N-dealkylation sites (N-methyl/N-ethyl adjacent to an activating group) is 1. The van der Waals surface area contributed by atoms with Crippen LogP contribution in [0.3, 0.4) is 0 Å². The lowest BCUT2D eigenvalue weighted by Gasteiger charge is -2.26. The van der Waals surface area contributed by atoms with Crippen molar-refractivity contribution in [2.75, 3.05) is 19.4 Å². The molecule has 0 aliphatic rings. The lowest BCUT2D eigenvalue weighted by Crippen LogP contribution is -2.33. The molecule has 0 bridgehead atoms. The predicted octanol–water partition coefficient (Wildman–Crippen LogP) is 2.21. The number of hydrogen-bond acceptors (Lipinski definition) is 3. The van der Waals surface area contributed by atoms with E-state index in [1.165, 1.54) is 0 Å². The summed E-state index contributed by atoms with van der Waals surface area (Å²) in [5.41, 5.74) is 7.47. The van der Waals surface area contributed by atoms with Crippen LogP contribution in [0.1, 0.15) is 32.4 Å². The molecule has 0 aliphatic heterocycles. The number of hydrogen-bond donors (Lipinski definition) is 1. The zero-order chi connectivity index (χ0) is 13.7. The van der Waals surface area contributed by atoms with Crippen LogP contribution in [-0.2, 0) is 9.53 Å². The predicted molar refractivity (Wildman–Crippen MR) is 73.1 cm³/mol. The molecule has 0 heterocycles. The van der Waals surface area contributed by atoms with Crippen LogP contribution in [0.15, 0.2) is 24.3 Å². The standard InChI is InChI=1S/C14H22N2O2/c1-10(2)18-9-14(17)16(4)11(3)12-6-5-7-13(15)8-12/h5-8,10-11H,9,15H2,1-4H3. The van der Waals surface area contributed by atoms with E-state index < -0.39 is 0 Å². The van der Waals surface area contributed by atoms with Crippen molar-refractivity contribution in [2.45, 2.75) is 32.9 Å². The Kier molecular flexibility index (Phi) is 5.16. The number of carbonyl (C=O) groups is 1. The summed E-state index contributed by atoms with van der Waals surface area (Å²) in [6.07, 6.45) is 0.0602. The van der Waals surface area contributed by atoms with Crippen molar-refractivity contribution in [2.24, 2.45) is 0 Å². The average molecular weight is 250 g/mol. The number of amides is 1. The highest BCUT2D eigenvalue weighted by molar-refractivity contribution is 5.77. The summed E-state index contributed by atoms with van der Waals surface area (Å²) < 4.78 is 5.32. The summed E-state index contributed by atoms with van der Waals surface area (Å²) in [4.78, 5) is 13.6. The number of nitrogens with two attached hydrogens (primary N) is 1. The van der Waals surface area contributed by atoms with Crippen molar-refractivity contribution in [3.8, 4) is 0 Å². The Labute approximate surface area is 109 Å². The molecule has 1 aromatic carbocycles. The van der Waals surface area contributed by atoms with Crippen LogP contribution in [0, 0.1) is 0 Å². The van der Waals surface area contributed by atoms with E-state index in [-0.39, 0.29) is 24.7 Å². The third kappa shape index (κ3) is 4.04. The third-order valence-corrected chi connectivity index (χ3v) is 2.91. The van der Waals surface area contributed by atoms with E-state index >= 15 is 0 Å². The second kappa shape index (κ2) is 6.40. The van der Waals surface area contributed by atoms with Crippen LogP contribution < -0.4 is 5.73 Å². The number of rotatable bonds is 5. The summed E-state index contributed by atoms with van der Waals surface area (Å²) in [6.45, 7) is 5.91. The molecule has 0 aromatic heterocycles. The van der Waals surface area contributed by atoms with E-state index in [1.54, 1.807) is 11.9 Å². The molecule has 1 atom stereocenters. The first kappa shape index (κ1) is 14.5. The Hall–Kier alpha value is -1.55. The van der Waals surface area contributed by atoms with Gasteiger partial charge in [-0.1, -0.05) is 12.1 Å². The van der Waals surface area contributed by atoms with E-state index in [0.29, 0.717) is 5.69 Å². The monoisotopic (exact) mass is 250 g/mol. The summed E-state index contributed by atoms with van der Waals surface area (Å²) >= 11 is 0. The number of nitrogens with zero attached hydrogens (tertiary/aromatic N) is 1. The molecule has 2 N–H and O–H groups in total. The van der Waals surface area contributed by atoms with Crippen molar-refractivity contribution in [3.05, 3.63) is 29.8 Å². The normalized spacial score (nSPS) is 12.5. The molecule has 18 heavy (non-hydrogen) atoms. The fourth-order valence-corrected chi connectivity index (χ4v) is 1.60. The highest BCUT2D eigenvalue weighted by atomic mass is 16.5. The number of carbonyl (C=O) groups excluding carboxylic acids is 1. The van der Waals surface area contributed by atoms with Crippen molar-refractivity contribution < 1.29 is 9.53 Å². The highest BCUT2D eigenvalue weighted by Crippen LogP contribution is 2.20. The molecule has 100 valence electrons. The fraction of sp³-hybridized carbons (Fsp3) is 0.500. The van der Waals surface area contributed by atoms with Gasteiger partial charge in [0.25, 0.3) is 0 Å². The van der Waals surface area contributed by atoms with Crippen molar-refractivity contribution >= 4 is 11.6 Å². The Morgan fingerprint density at radius 1 is 1.39 bits per heavy atom. The van der Waals surface area contributed by atoms with E-state index in [4.69, 9.17) is 10.5 Å². The average Bonchev–Trinajstić information content (AvgIpc) is 2.34. The zero-order valence-electron chi connectivity index (χ0n) is 11.5. The summed E-state index contributed by atoms with van der Waals surface area (Å²) in [7, 11) is 1.78. The van der Waals surface area contributed by atoms with Crippen molar-refractivity contribution in [3.63, 3.8) is 0 Å². The molecule has 0 spiro atoms. The first-order valence-electron chi connectivity index (χ1n) is 6.14. The van der Waals surface area contributed by atoms with Crippen LogP contribution in [0.25, 0.3) is 0 Å². The Bertz CT molecular complexity index is 405. The van der Waals surface area contributed by atoms with Gasteiger partial charge in [-0.3, -0.25) is 4.79 Å². The topological polar surface area (TPSA) is 55.6 Å². The van der Waals surface area contributed by atoms with Crippen LogP contribution in [0.4, 0.5) is 5.69 Å². The largest absolute Gasteiger partial charge is 0.399 e. The molecule has 0 aliphatic carbocycles. The maximum Gasteiger partial charge on any atom is 0.248 e. The van der Waals surface area contributed by atoms with E-state index in [2.05, 4.69) is 0 Å². The van der Waals surface area contributed by atoms with Crippen LogP contribution in [0.2, 0.25) is 0 Å². The first-order valence-corrected chi connectivity index (χ1v) is 6.14. The molecule has 0 radical (unpaired) electrons. The van der Waals surface area contributed by atoms with Gasteiger partial charge in [0.1, 0.15) is 6.61 Å². The summed E-state index contributed by atoms with van der Waals surface area (Å²) in [5, 5.41) is 0. The Morgan fingerprint density at radius 2 is 2.06 bits per heavy atom. The molecule has 4 heteroatoms. The number of benzene rings is 1. The summed E-state index contributed by atoms with van der Waals surface area (Å²) in [6, 6.07) is 7.56. The molecular weight excluding hydrogens is 228 g/mol. The van der Waals surface area contributed by atoms with Crippen LogP contribution >= 0.6 is 0 Å². The second-order valence-electron chi connectivity index (χ2n) is 4.71. The Morgan fingerprint density at radius 3 is 2.61 bits per heavy atom. The smallest absolute Gasteiger partial charge is 0.248 e. The number of nitrogen functional groups attached to an aromatic ring is 1. The molecule has 1 amide bonds. The van der Waals surface area contributed by atoms with Gasteiger partial charge in [0, 0.05) is 12.7 Å². The molecule has 1 unspecified atom stereocenters. The molecule has 0 fully saturated rings. The minimum Gasteiger partial charge on any atom is -0.399 e. The Balaban J connectivity index is 2.65. The van der Waals surface area contributed by atoms with Gasteiger partial charge in [-0.25, -0.2) is 0 Å². The van der Waals surface area contributed by atoms with Crippen LogP contribution in [0.5, 0.6) is 0 Å². The number of ether oxygens (including phenoxy) is 1. The molecule has 0 saturated carbocycles. The maximum absolute atomic E-state index is 11.9. The minimum absolute atomic E-state index is 0.0169. The fourth-order valence-electron chi connectivity index (χ4n) is 1.60. The lowest BCUT2D eigenvalue weighted by atomic mass is 10.1. The minimum atomic E-state index is -0.0291. The molecule has 1 aromatic rings. The molecule has 0 saturated heterocycles. The zero-order valence-corrected chi connectivity index (χ0v) is 11.5.